The molecule has 0 bridgehead atoms. The van der Waals surface area contributed by atoms with Gasteiger partial charge in [0.2, 0.25) is 0 Å². The van der Waals surface area contributed by atoms with Crippen molar-refractivity contribution in [2.45, 2.75) is 38.3 Å². The first-order valence-electron chi connectivity index (χ1n) is 6.34. The predicted octanol–water partition coefficient (Wildman–Crippen LogP) is 2.61. The molecule has 1 saturated heterocycles. The van der Waals surface area contributed by atoms with Crippen molar-refractivity contribution >= 4 is 5.69 Å². The summed E-state index contributed by atoms with van der Waals surface area (Å²) in [5.74, 6) is 2.66. The highest BCUT2D eigenvalue weighted by Crippen LogP contribution is 2.16. The Kier molecular flexibility index (Phi) is 4.06. The van der Waals surface area contributed by atoms with E-state index in [1.165, 1.54) is 25.8 Å². The normalized spacial score (nSPS) is 20.8. The molecule has 0 aromatic heterocycles. The Morgan fingerprint density at radius 1 is 1.59 bits per heavy atom. The third-order valence-electron chi connectivity index (χ3n) is 3.24. The van der Waals surface area contributed by atoms with Gasteiger partial charge in [-0.25, -0.2) is 0 Å². The molecule has 17 heavy (non-hydrogen) atoms. The van der Waals surface area contributed by atoms with Crippen molar-refractivity contribution in [2.75, 3.05) is 11.9 Å². The second kappa shape index (κ2) is 5.75. The van der Waals surface area contributed by atoms with Crippen LogP contribution < -0.4 is 10.6 Å². The van der Waals surface area contributed by atoms with Gasteiger partial charge in [-0.05, 0) is 50.9 Å². The number of hydrogen-bond donors (Lipinski definition) is 2. The number of terminal acetylenes is 1. The van der Waals surface area contributed by atoms with Crippen LogP contribution in [0.5, 0.6) is 0 Å². The number of rotatable bonds is 4. The monoisotopic (exact) mass is 228 g/mol. The highest BCUT2D eigenvalue weighted by atomic mass is 15.0. The molecule has 2 N–H and O–H groups in total. The topological polar surface area (TPSA) is 24.1 Å². The zero-order valence-corrected chi connectivity index (χ0v) is 10.4. The highest BCUT2D eigenvalue weighted by Gasteiger charge is 2.16. The Morgan fingerprint density at radius 2 is 2.47 bits per heavy atom. The molecular formula is C15H20N2. The molecule has 90 valence electrons. The maximum atomic E-state index is 5.39. The maximum Gasteiger partial charge on any atom is 0.0354 e. The molecule has 2 atom stereocenters. The molecule has 1 aromatic carbocycles. The largest absolute Gasteiger partial charge is 0.382 e. The molecule has 0 saturated carbocycles. The molecule has 1 aliphatic heterocycles. The fourth-order valence-electron chi connectivity index (χ4n) is 2.43. The first-order valence-corrected chi connectivity index (χ1v) is 6.34. The first kappa shape index (κ1) is 12.0. The van der Waals surface area contributed by atoms with E-state index in [1.807, 2.05) is 18.2 Å². The van der Waals surface area contributed by atoms with Crippen LogP contribution >= 0.6 is 0 Å². The van der Waals surface area contributed by atoms with Gasteiger partial charge in [0.1, 0.15) is 0 Å². The maximum absolute atomic E-state index is 5.39. The zero-order valence-electron chi connectivity index (χ0n) is 10.4. The summed E-state index contributed by atoms with van der Waals surface area (Å²) in [5, 5.41) is 7.03. The van der Waals surface area contributed by atoms with Crippen LogP contribution in [0.1, 0.15) is 31.7 Å². The third kappa shape index (κ3) is 3.51. The van der Waals surface area contributed by atoms with Gasteiger partial charge in [-0.2, -0.15) is 0 Å². The number of anilines is 1. The van der Waals surface area contributed by atoms with E-state index in [1.54, 1.807) is 0 Å². The van der Waals surface area contributed by atoms with Gasteiger partial charge >= 0.3 is 0 Å². The molecule has 2 nitrogen and oxygen atoms in total. The van der Waals surface area contributed by atoms with E-state index in [0.717, 1.165) is 11.3 Å². The van der Waals surface area contributed by atoms with Crippen molar-refractivity contribution in [1.82, 2.24) is 5.32 Å². The number of hydrogen-bond acceptors (Lipinski definition) is 2. The predicted molar refractivity (Wildman–Crippen MR) is 73.1 cm³/mol. The zero-order chi connectivity index (χ0) is 12.1. The van der Waals surface area contributed by atoms with Gasteiger partial charge in [0.05, 0.1) is 0 Å². The summed E-state index contributed by atoms with van der Waals surface area (Å²) in [6.07, 6.45) is 9.17. The molecule has 0 spiro atoms. The summed E-state index contributed by atoms with van der Waals surface area (Å²) < 4.78 is 0. The summed E-state index contributed by atoms with van der Waals surface area (Å²) in [7, 11) is 0. The van der Waals surface area contributed by atoms with E-state index in [-0.39, 0.29) is 0 Å². The van der Waals surface area contributed by atoms with Crippen molar-refractivity contribution in [3.05, 3.63) is 29.8 Å². The molecule has 0 radical (unpaired) electrons. The molecule has 0 aliphatic carbocycles. The lowest BCUT2D eigenvalue weighted by atomic mass is 10.1. The highest BCUT2D eigenvalue weighted by molar-refractivity contribution is 5.50. The molecule has 2 heteroatoms. The summed E-state index contributed by atoms with van der Waals surface area (Å²) in [5.41, 5.74) is 2.05. The van der Waals surface area contributed by atoms with Crippen LogP contribution in [0, 0.1) is 12.3 Å². The van der Waals surface area contributed by atoms with Crippen LogP contribution in [-0.2, 0) is 0 Å². The van der Waals surface area contributed by atoms with Crippen LogP contribution in [0.3, 0.4) is 0 Å². The third-order valence-corrected chi connectivity index (χ3v) is 3.24. The molecule has 1 heterocycles. The van der Waals surface area contributed by atoms with E-state index < -0.39 is 0 Å². The van der Waals surface area contributed by atoms with Crippen molar-refractivity contribution in [2.24, 2.45) is 0 Å². The number of benzene rings is 1. The van der Waals surface area contributed by atoms with E-state index in [2.05, 4.69) is 29.5 Å². The van der Waals surface area contributed by atoms with Crippen molar-refractivity contribution < 1.29 is 0 Å². The van der Waals surface area contributed by atoms with Gasteiger partial charge in [-0.3, -0.25) is 0 Å². The van der Waals surface area contributed by atoms with Gasteiger partial charge in [-0.1, -0.05) is 12.0 Å². The average molecular weight is 228 g/mol. The van der Waals surface area contributed by atoms with E-state index in [9.17, 15) is 0 Å². The summed E-state index contributed by atoms with van der Waals surface area (Å²) >= 11 is 0. The van der Waals surface area contributed by atoms with Crippen LogP contribution in [0.2, 0.25) is 0 Å². The van der Waals surface area contributed by atoms with Crippen molar-refractivity contribution in [3.8, 4) is 12.3 Å². The summed E-state index contributed by atoms with van der Waals surface area (Å²) in [6, 6.07) is 9.19. The lowest BCUT2D eigenvalue weighted by Gasteiger charge is -2.19. The van der Waals surface area contributed by atoms with Crippen molar-refractivity contribution in [3.63, 3.8) is 0 Å². The van der Waals surface area contributed by atoms with Gasteiger partial charge < -0.3 is 10.6 Å². The quantitative estimate of drug-likeness (QED) is 0.774. The summed E-state index contributed by atoms with van der Waals surface area (Å²) in [4.78, 5) is 0. The minimum Gasteiger partial charge on any atom is -0.382 e. The van der Waals surface area contributed by atoms with Crippen LogP contribution in [-0.4, -0.2) is 18.6 Å². The minimum atomic E-state index is 0.471. The molecule has 1 aromatic rings. The Labute approximate surface area is 104 Å². The molecule has 0 amide bonds. The second-order valence-corrected chi connectivity index (χ2v) is 4.80. The van der Waals surface area contributed by atoms with Gasteiger partial charge in [0.25, 0.3) is 0 Å². The second-order valence-electron chi connectivity index (χ2n) is 4.80. The smallest absolute Gasteiger partial charge is 0.0354 e. The van der Waals surface area contributed by atoms with Crippen LogP contribution in [0.4, 0.5) is 5.69 Å². The van der Waals surface area contributed by atoms with Crippen molar-refractivity contribution in [1.29, 1.82) is 0 Å². The SMILES string of the molecule is C#Cc1cccc(NC(C)CC2CCCN2)c1. The Balaban J connectivity index is 1.88. The standard InChI is InChI=1S/C15H20N2/c1-3-13-6-4-7-15(11-13)17-12(2)10-14-8-5-9-16-14/h1,4,6-7,11-12,14,16-17H,5,8-10H2,2H3. The fraction of sp³-hybridized carbons (Fsp3) is 0.467. The van der Waals surface area contributed by atoms with Gasteiger partial charge in [-0.15, -0.1) is 6.42 Å². The fourth-order valence-corrected chi connectivity index (χ4v) is 2.43. The molecule has 2 rings (SSSR count). The lowest BCUT2D eigenvalue weighted by Crippen LogP contribution is -2.29. The lowest BCUT2D eigenvalue weighted by molar-refractivity contribution is 0.523. The van der Waals surface area contributed by atoms with E-state index >= 15 is 0 Å². The Bertz CT molecular complexity index is 400. The molecule has 1 fully saturated rings. The first-order chi connectivity index (χ1) is 8.28. The van der Waals surface area contributed by atoms with Crippen LogP contribution in [0.15, 0.2) is 24.3 Å². The number of nitrogens with one attached hydrogen (secondary N) is 2. The van der Waals surface area contributed by atoms with E-state index in [4.69, 9.17) is 6.42 Å². The molecular weight excluding hydrogens is 208 g/mol. The Morgan fingerprint density at radius 3 is 3.18 bits per heavy atom. The van der Waals surface area contributed by atoms with E-state index in [0.29, 0.717) is 12.1 Å². The van der Waals surface area contributed by atoms with Gasteiger partial charge in [0, 0.05) is 23.3 Å². The van der Waals surface area contributed by atoms with Gasteiger partial charge in [0.15, 0.2) is 0 Å². The Hall–Kier alpha value is -1.46. The van der Waals surface area contributed by atoms with Crippen LogP contribution in [0.25, 0.3) is 0 Å². The molecule has 2 unspecified atom stereocenters. The minimum absolute atomic E-state index is 0.471. The molecule has 1 aliphatic rings. The summed E-state index contributed by atoms with van der Waals surface area (Å²) in [6.45, 7) is 3.40. The average Bonchev–Trinajstić information content (AvgIpc) is 2.82.